The molecule has 54 valence electrons. The van der Waals surface area contributed by atoms with Crippen molar-refractivity contribution < 1.29 is 0 Å². The van der Waals surface area contributed by atoms with E-state index in [9.17, 15) is 0 Å². The first-order valence-corrected chi connectivity index (χ1v) is 3.34. The molecule has 0 spiro atoms. The lowest BCUT2D eigenvalue weighted by atomic mass is 10.2. The number of hydrogen-bond donors (Lipinski definition) is 1. The van der Waals surface area contributed by atoms with Crippen molar-refractivity contribution in [2.45, 2.75) is 20.8 Å². The van der Waals surface area contributed by atoms with Gasteiger partial charge < -0.3 is 5.32 Å². The third-order valence-electron chi connectivity index (χ3n) is 1.10. The Bertz CT molecular complexity index is 95.1. The minimum absolute atomic E-state index is 0.696. The normalized spacial score (nSPS) is 12.3. The Morgan fingerprint density at radius 1 is 1.56 bits per heavy atom. The van der Waals surface area contributed by atoms with E-state index in [-0.39, 0.29) is 0 Å². The topological polar surface area (TPSA) is 24.4 Å². The second kappa shape index (κ2) is 4.36. The Morgan fingerprint density at radius 3 is 2.44 bits per heavy atom. The molecule has 0 aromatic rings. The minimum Gasteiger partial charge on any atom is -0.374 e. The minimum atomic E-state index is 0.696. The van der Waals surface area contributed by atoms with E-state index in [1.54, 1.807) is 7.05 Å². The smallest absolute Gasteiger partial charge is 0.0928 e. The number of hydrogen-bond acceptors (Lipinski definition) is 1. The van der Waals surface area contributed by atoms with Crippen molar-refractivity contribution in [2.75, 3.05) is 13.6 Å². The fourth-order valence-corrected chi connectivity index (χ4v) is 0.431. The molecule has 1 N–H and O–H groups in total. The van der Waals surface area contributed by atoms with E-state index >= 15 is 0 Å². The molecule has 0 aromatic carbocycles. The molecule has 2 heteroatoms. The van der Waals surface area contributed by atoms with E-state index in [0.29, 0.717) is 5.92 Å². The van der Waals surface area contributed by atoms with Gasteiger partial charge in [-0.1, -0.05) is 13.8 Å². The monoisotopic (exact) mass is 128 g/mol. The maximum Gasteiger partial charge on any atom is 0.0928 e. The van der Waals surface area contributed by atoms with Crippen LogP contribution in [0.4, 0.5) is 0 Å². The molecule has 0 heterocycles. The Labute approximate surface area is 57.4 Å². The molecule has 0 fully saturated rings. The van der Waals surface area contributed by atoms with Crippen molar-refractivity contribution in [3.05, 3.63) is 0 Å². The number of nitrogens with one attached hydrogen (secondary N) is 1. The van der Waals surface area contributed by atoms with Gasteiger partial charge in [0.1, 0.15) is 0 Å². The fourth-order valence-electron chi connectivity index (χ4n) is 0.431. The highest BCUT2D eigenvalue weighted by Gasteiger charge is 1.91. The maximum absolute atomic E-state index is 3.97. The third kappa shape index (κ3) is 5.34. The van der Waals surface area contributed by atoms with E-state index in [1.165, 1.54) is 0 Å². The van der Waals surface area contributed by atoms with Gasteiger partial charge in [0.25, 0.3) is 0 Å². The van der Waals surface area contributed by atoms with Gasteiger partial charge in [0.15, 0.2) is 0 Å². The van der Waals surface area contributed by atoms with Crippen LogP contribution in [0.25, 0.3) is 0 Å². The van der Waals surface area contributed by atoms with Crippen LogP contribution >= 0.6 is 0 Å². The molecule has 9 heavy (non-hydrogen) atoms. The van der Waals surface area contributed by atoms with Gasteiger partial charge in [-0.2, -0.15) is 0 Å². The molecular weight excluding hydrogens is 112 g/mol. The maximum atomic E-state index is 3.97. The van der Waals surface area contributed by atoms with Gasteiger partial charge in [0, 0.05) is 13.6 Å². The molecule has 0 saturated heterocycles. The van der Waals surface area contributed by atoms with E-state index in [2.05, 4.69) is 24.2 Å². The average Bonchev–Trinajstić information content (AvgIpc) is 1.83. The lowest BCUT2D eigenvalue weighted by Gasteiger charge is -2.06. The number of amidine groups is 1. The van der Waals surface area contributed by atoms with Crippen LogP contribution in [0, 0.1) is 5.92 Å². The third-order valence-corrected chi connectivity index (χ3v) is 1.10. The summed E-state index contributed by atoms with van der Waals surface area (Å²) >= 11 is 0. The molecule has 0 aliphatic rings. The molecule has 0 amide bonds. The van der Waals surface area contributed by atoms with Gasteiger partial charge in [0.2, 0.25) is 0 Å². The zero-order valence-electron chi connectivity index (χ0n) is 6.73. The van der Waals surface area contributed by atoms with Crippen molar-refractivity contribution in [1.82, 2.24) is 5.32 Å². The Balaban J connectivity index is 3.28. The second-order valence-corrected chi connectivity index (χ2v) is 2.58. The molecule has 2 nitrogen and oxygen atoms in total. The van der Waals surface area contributed by atoms with Crippen LogP contribution in [0.15, 0.2) is 4.99 Å². The summed E-state index contributed by atoms with van der Waals surface area (Å²) in [7, 11) is 1.79. The summed E-state index contributed by atoms with van der Waals surface area (Å²) in [6.45, 7) is 7.34. The van der Waals surface area contributed by atoms with E-state index in [1.807, 2.05) is 6.92 Å². The van der Waals surface area contributed by atoms with Gasteiger partial charge in [-0.25, -0.2) is 0 Å². The molecule has 0 saturated carbocycles. The molecule has 0 aliphatic carbocycles. The Morgan fingerprint density at radius 2 is 2.11 bits per heavy atom. The predicted molar refractivity (Wildman–Crippen MR) is 41.9 cm³/mol. The molecule has 0 rings (SSSR count). The van der Waals surface area contributed by atoms with Crippen LogP contribution in [0.5, 0.6) is 0 Å². The summed E-state index contributed by atoms with van der Waals surface area (Å²) in [5.41, 5.74) is 0. The molecule has 0 aliphatic heterocycles. The van der Waals surface area contributed by atoms with E-state index < -0.39 is 0 Å². The quantitative estimate of drug-likeness (QED) is 0.439. The Kier molecular flexibility index (Phi) is 4.10. The highest BCUT2D eigenvalue weighted by Crippen LogP contribution is 1.86. The SMILES string of the molecule is CN=C(C)NCC(C)C. The van der Waals surface area contributed by atoms with Crippen LogP contribution < -0.4 is 5.32 Å². The summed E-state index contributed by atoms with van der Waals surface area (Å²) in [6.07, 6.45) is 0. The lowest BCUT2D eigenvalue weighted by molar-refractivity contribution is 0.623. The van der Waals surface area contributed by atoms with Crippen LogP contribution in [-0.2, 0) is 0 Å². The van der Waals surface area contributed by atoms with Crippen LogP contribution in [0.1, 0.15) is 20.8 Å². The first-order valence-electron chi connectivity index (χ1n) is 3.34. The van der Waals surface area contributed by atoms with Gasteiger partial charge in [-0.05, 0) is 12.8 Å². The second-order valence-electron chi connectivity index (χ2n) is 2.58. The standard InChI is InChI=1S/C7H16N2/c1-6(2)5-9-7(3)8-4/h6H,5H2,1-4H3,(H,8,9). The lowest BCUT2D eigenvalue weighted by Crippen LogP contribution is -2.24. The van der Waals surface area contributed by atoms with Crippen molar-refractivity contribution in [2.24, 2.45) is 10.9 Å². The first kappa shape index (κ1) is 8.47. The van der Waals surface area contributed by atoms with E-state index in [0.717, 1.165) is 12.4 Å². The number of rotatable bonds is 2. The van der Waals surface area contributed by atoms with Crippen LogP contribution in [0.3, 0.4) is 0 Å². The molecule has 0 atom stereocenters. The highest BCUT2D eigenvalue weighted by atomic mass is 15.0. The van der Waals surface area contributed by atoms with Crippen LogP contribution in [-0.4, -0.2) is 19.4 Å². The molecule has 0 radical (unpaired) electrons. The molecular formula is C7H16N2. The highest BCUT2D eigenvalue weighted by molar-refractivity contribution is 5.79. The zero-order chi connectivity index (χ0) is 7.28. The average molecular weight is 128 g/mol. The molecule has 0 aromatic heterocycles. The van der Waals surface area contributed by atoms with Crippen LogP contribution in [0.2, 0.25) is 0 Å². The fraction of sp³-hybridized carbons (Fsp3) is 0.857. The Hall–Kier alpha value is -0.530. The summed E-state index contributed by atoms with van der Waals surface area (Å²) in [6, 6.07) is 0. The van der Waals surface area contributed by atoms with E-state index in [4.69, 9.17) is 0 Å². The zero-order valence-corrected chi connectivity index (χ0v) is 6.73. The van der Waals surface area contributed by atoms with Gasteiger partial charge >= 0.3 is 0 Å². The predicted octanol–water partition coefficient (Wildman–Crippen LogP) is 1.28. The summed E-state index contributed by atoms with van der Waals surface area (Å²) in [4.78, 5) is 3.97. The summed E-state index contributed by atoms with van der Waals surface area (Å²) in [5.74, 6) is 1.71. The number of aliphatic imine (C=N–C) groups is 1. The summed E-state index contributed by atoms with van der Waals surface area (Å²) in [5, 5.41) is 3.18. The van der Waals surface area contributed by atoms with Crippen molar-refractivity contribution in [3.8, 4) is 0 Å². The van der Waals surface area contributed by atoms with Crippen molar-refractivity contribution in [1.29, 1.82) is 0 Å². The van der Waals surface area contributed by atoms with Gasteiger partial charge in [0.05, 0.1) is 5.84 Å². The molecule has 0 bridgehead atoms. The molecule has 0 unspecified atom stereocenters. The first-order chi connectivity index (χ1) is 4.16. The van der Waals surface area contributed by atoms with Crippen molar-refractivity contribution in [3.63, 3.8) is 0 Å². The number of nitrogens with zero attached hydrogens (tertiary/aromatic N) is 1. The van der Waals surface area contributed by atoms with Gasteiger partial charge in [-0.3, -0.25) is 4.99 Å². The largest absolute Gasteiger partial charge is 0.374 e. The summed E-state index contributed by atoms with van der Waals surface area (Å²) < 4.78 is 0. The van der Waals surface area contributed by atoms with Crippen molar-refractivity contribution >= 4 is 5.84 Å². The van der Waals surface area contributed by atoms with Gasteiger partial charge in [-0.15, -0.1) is 0 Å².